The minimum atomic E-state index is -0.667. The van der Waals surface area contributed by atoms with Crippen molar-refractivity contribution in [2.45, 2.75) is 25.9 Å². The number of aryl methyl sites for hydroxylation is 1. The van der Waals surface area contributed by atoms with E-state index in [0.717, 1.165) is 24.9 Å². The molecule has 1 saturated heterocycles. The van der Waals surface area contributed by atoms with Gasteiger partial charge in [0.15, 0.2) is 0 Å². The smallest absolute Gasteiger partial charge is 0.406 e. The molecule has 0 radical (unpaired) electrons. The molecule has 0 aliphatic carbocycles. The van der Waals surface area contributed by atoms with Gasteiger partial charge in [-0.25, -0.2) is 9.59 Å². The molecule has 3 aromatic carbocycles. The zero-order valence-electron chi connectivity index (χ0n) is 25.8. The number of amides is 2. The number of benzene rings is 3. The van der Waals surface area contributed by atoms with Crippen LogP contribution in [0.15, 0.2) is 69.9 Å². The minimum Gasteiger partial charge on any atom is -0.497 e. The highest BCUT2D eigenvalue weighted by Crippen LogP contribution is 2.34. The molecule has 1 aromatic heterocycles. The van der Waals surface area contributed by atoms with Gasteiger partial charge in [-0.15, -0.1) is 0 Å². The number of fused-ring (bicyclic) bond motifs is 1. The Balaban J connectivity index is 1.31. The highest BCUT2D eigenvalue weighted by atomic mass is 16.5. The summed E-state index contributed by atoms with van der Waals surface area (Å²) in [5, 5.41) is 6.06. The van der Waals surface area contributed by atoms with Crippen LogP contribution in [-0.2, 0) is 4.74 Å². The van der Waals surface area contributed by atoms with Crippen molar-refractivity contribution in [3.05, 3.63) is 82.2 Å². The average molecular weight is 616 g/mol. The molecule has 2 amide bonds. The van der Waals surface area contributed by atoms with Gasteiger partial charge in [-0.2, -0.15) is 0 Å². The van der Waals surface area contributed by atoms with Gasteiger partial charge in [0, 0.05) is 41.7 Å². The number of anilines is 1. The number of rotatable bonds is 10. The van der Waals surface area contributed by atoms with E-state index >= 15 is 0 Å². The van der Waals surface area contributed by atoms with Crippen LogP contribution in [0.4, 0.5) is 10.5 Å². The van der Waals surface area contributed by atoms with Crippen LogP contribution in [-0.4, -0.2) is 70.5 Å². The first-order chi connectivity index (χ1) is 21.8. The molecule has 1 atom stereocenters. The summed E-state index contributed by atoms with van der Waals surface area (Å²) in [4.78, 5) is 39.9. The van der Waals surface area contributed by atoms with Gasteiger partial charge in [-0.3, -0.25) is 9.69 Å². The Kier molecular flexibility index (Phi) is 9.89. The molecule has 5 rings (SSSR count). The van der Waals surface area contributed by atoms with Gasteiger partial charge in [-0.1, -0.05) is 12.1 Å². The van der Waals surface area contributed by atoms with E-state index in [2.05, 4.69) is 20.3 Å². The first kappa shape index (κ1) is 31.4. The van der Waals surface area contributed by atoms with Gasteiger partial charge >= 0.3 is 11.7 Å². The first-order valence-electron chi connectivity index (χ1n) is 14.7. The number of ether oxygens (including phenoxy) is 4. The van der Waals surface area contributed by atoms with Gasteiger partial charge in [0.05, 0.1) is 21.3 Å². The number of nitrogens with zero attached hydrogens (tertiary/aromatic N) is 1. The average Bonchev–Trinajstić information content (AvgIpc) is 3.06. The van der Waals surface area contributed by atoms with Gasteiger partial charge in [0.1, 0.15) is 34.6 Å². The maximum absolute atomic E-state index is 13.3. The third-order valence-corrected chi connectivity index (χ3v) is 7.83. The maximum atomic E-state index is 13.3. The fourth-order valence-corrected chi connectivity index (χ4v) is 5.46. The summed E-state index contributed by atoms with van der Waals surface area (Å²) in [7, 11) is 4.49. The molecule has 0 saturated carbocycles. The number of methoxy groups -OCH3 is 3. The molecule has 4 aromatic rings. The van der Waals surface area contributed by atoms with Crippen LogP contribution >= 0.6 is 0 Å². The molecule has 236 valence electrons. The highest BCUT2D eigenvalue weighted by molar-refractivity contribution is 6.05. The van der Waals surface area contributed by atoms with Gasteiger partial charge in [0.25, 0.3) is 5.91 Å². The topological polar surface area (TPSA) is 129 Å². The van der Waals surface area contributed by atoms with Crippen molar-refractivity contribution in [3.63, 3.8) is 0 Å². The Morgan fingerprint density at radius 1 is 1.00 bits per heavy atom. The number of carbonyl (C=O) groups excluding carboxylic acids is 2. The summed E-state index contributed by atoms with van der Waals surface area (Å²) in [5.41, 5.74) is 2.33. The second-order valence-corrected chi connectivity index (χ2v) is 10.8. The van der Waals surface area contributed by atoms with Gasteiger partial charge < -0.3 is 34.0 Å². The van der Waals surface area contributed by atoms with E-state index in [0.29, 0.717) is 64.5 Å². The van der Waals surface area contributed by atoms with Crippen LogP contribution < -0.4 is 30.5 Å². The third kappa shape index (κ3) is 7.38. The fraction of sp³-hybridized carbons (Fsp3) is 0.324. The van der Waals surface area contributed by atoms with E-state index in [1.54, 1.807) is 38.5 Å². The molecule has 0 bridgehead atoms. The van der Waals surface area contributed by atoms with Crippen LogP contribution in [0.5, 0.6) is 17.2 Å². The van der Waals surface area contributed by atoms with E-state index < -0.39 is 17.6 Å². The van der Waals surface area contributed by atoms with Crippen LogP contribution in [0.2, 0.25) is 0 Å². The van der Waals surface area contributed by atoms with Crippen LogP contribution in [0.1, 0.15) is 28.8 Å². The number of likely N-dealkylation sites (tertiary alicyclic amines) is 1. The number of alkyl carbamates (subject to hydrolysis) is 1. The summed E-state index contributed by atoms with van der Waals surface area (Å²) >= 11 is 0. The lowest BCUT2D eigenvalue weighted by Crippen LogP contribution is -2.44. The molecule has 1 fully saturated rings. The minimum absolute atomic E-state index is 0.0304. The Labute approximate surface area is 261 Å². The predicted octanol–water partition coefficient (Wildman–Crippen LogP) is 5.24. The van der Waals surface area contributed by atoms with E-state index in [1.165, 1.54) is 7.11 Å². The van der Waals surface area contributed by atoms with Crippen molar-refractivity contribution in [2.24, 2.45) is 0 Å². The summed E-state index contributed by atoms with van der Waals surface area (Å²) < 4.78 is 27.5. The largest absolute Gasteiger partial charge is 0.497 e. The highest BCUT2D eigenvalue weighted by Gasteiger charge is 2.23. The van der Waals surface area contributed by atoms with Crippen LogP contribution in [0.3, 0.4) is 0 Å². The van der Waals surface area contributed by atoms with Crippen LogP contribution in [0.25, 0.3) is 22.1 Å². The summed E-state index contributed by atoms with van der Waals surface area (Å²) in [6, 6.07) is 17.8. The molecule has 11 nitrogen and oxygen atoms in total. The molecule has 11 heteroatoms. The summed E-state index contributed by atoms with van der Waals surface area (Å²) in [6.45, 7) is 4.65. The van der Waals surface area contributed by atoms with E-state index in [1.807, 2.05) is 43.3 Å². The molecule has 2 heterocycles. The van der Waals surface area contributed by atoms with Crippen LogP contribution in [0, 0.1) is 6.92 Å². The molecule has 2 N–H and O–H groups in total. The molecule has 1 aliphatic heterocycles. The molecule has 1 aliphatic rings. The van der Waals surface area contributed by atoms with Crippen molar-refractivity contribution in [1.29, 1.82) is 0 Å². The zero-order valence-corrected chi connectivity index (χ0v) is 25.8. The number of hydrogen-bond donors (Lipinski definition) is 2. The summed E-state index contributed by atoms with van der Waals surface area (Å²) in [6.07, 6.45) is 1.35. The van der Waals surface area contributed by atoms with Crippen molar-refractivity contribution in [2.75, 3.05) is 52.8 Å². The Morgan fingerprint density at radius 2 is 1.82 bits per heavy atom. The van der Waals surface area contributed by atoms with Crippen molar-refractivity contribution < 1.29 is 33.0 Å². The summed E-state index contributed by atoms with van der Waals surface area (Å²) in [5.74, 6) is 1.43. The maximum Gasteiger partial charge on any atom is 0.406 e. The number of hydrogen-bond acceptors (Lipinski definition) is 9. The third-order valence-electron chi connectivity index (χ3n) is 7.83. The lowest BCUT2D eigenvalue weighted by Gasteiger charge is -2.33. The zero-order chi connectivity index (χ0) is 31.9. The Bertz CT molecular complexity index is 1750. The molecular formula is C34H37N3O8. The number of nitrogens with one attached hydrogen (secondary N) is 2. The lowest BCUT2D eigenvalue weighted by molar-refractivity contribution is 0.0881. The molecule has 0 spiro atoms. The second-order valence-electron chi connectivity index (χ2n) is 10.8. The standard InChI is InChI=1S/C34H37N3O8/c1-21-29(44-26-9-6-15-37(20-26)16-14-35-34(40)43-4)12-10-23-19-28(33(39)45-31(21)23)36-32(38)24-11-13-30(42-3)27(18-24)22-7-5-8-25(17-22)41-2/h5,7-8,10-13,17-19,26H,6,9,14-16,20H2,1-4H3,(H,35,40)(H,36,38). The molecular weight excluding hydrogens is 578 g/mol. The second kappa shape index (κ2) is 14.2. The van der Waals surface area contributed by atoms with Gasteiger partial charge in [-0.05, 0) is 80.4 Å². The van der Waals surface area contributed by atoms with Crippen molar-refractivity contribution in [1.82, 2.24) is 10.2 Å². The molecule has 45 heavy (non-hydrogen) atoms. The van der Waals surface area contributed by atoms with Crippen molar-refractivity contribution in [3.8, 4) is 28.4 Å². The monoisotopic (exact) mass is 615 g/mol. The SMILES string of the molecule is COC(=O)NCCN1CCCC(Oc2ccc3cc(NC(=O)c4ccc(OC)c(-c5cccc(OC)c5)c4)c(=O)oc3c2C)C1. The normalized spacial score (nSPS) is 14.9. The predicted molar refractivity (Wildman–Crippen MR) is 171 cm³/mol. The van der Waals surface area contributed by atoms with E-state index in [4.69, 9.17) is 18.6 Å². The first-order valence-corrected chi connectivity index (χ1v) is 14.7. The van der Waals surface area contributed by atoms with Crippen molar-refractivity contribution >= 4 is 28.7 Å². The van der Waals surface area contributed by atoms with E-state index in [-0.39, 0.29) is 11.8 Å². The quantitative estimate of drug-likeness (QED) is 0.230. The fourth-order valence-electron chi connectivity index (χ4n) is 5.46. The Morgan fingerprint density at radius 3 is 2.60 bits per heavy atom. The van der Waals surface area contributed by atoms with E-state index in [9.17, 15) is 14.4 Å². The molecule has 1 unspecified atom stereocenters. The number of piperidine rings is 1. The number of carbonyl (C=O) groups is 2. The van der Waals surface area contributed by atoms with Gasteiger partial charge in [0.2, 0.25) is 0 Å². The lowest BCUT2D eigenvalue weighted by atomic mass is 10.0. The Hall–Kier alpha value is -5.03.